The lowest BCUT2D eigenvalue weighted by Gasteiger charge is -2.15. The Labute approximate surface area is 147 Å². The summed E-state index contributed by atoms with van der Waals surface area (Å²) in [5.74, 6) is -0.212. The molecule has 0 aliphatic heterocycles. The van der Waals surface area contributed by atoms with Gasteiger partial charge < -0.3 is 9.84 Å². The molecule has 0 saturated carbocycles. The first-order valence-electron chi connectivity index (χ1n) is 8.22. The zero-order valence-corrected chi connectivity index (χ0v) is 15.0. The van der Waals surface area contributed by atoms with Crippen LogP contribution in [0.2, 0.25) is 0 Å². The van der Waals surface area contributed by atoms with Gasteiger partial charge in [-0.15, -0.1) is 4.91 Å². The highest BCUT2D eigenvalue weighted by Crippen LogP contribution is 2.30. The predicted molar refractivity (Wildman–Crippen MR) is 97.8 cm³/mol. The highest BCUT2D eigenvalue weighted by atomic mass is 16.5. The second kappa shape index (κ2) is 7.92. The third kappa shape index (κ3) is 4.66. The van der Waals surface area contributed by atoms with Crippen LogP contribution < -0.4 is 4.74 Å². The smallest absolute Gasteiger partial charge is 0.341 e. The molecule has 5 heteroatoms. The molecule has 0 aliphatic carbocycles. The summed E-state index contributed by atoms with van der Waals surface area (Å²) in [6.45, 7) is 7.70. The lowest BCUT2D eigenvalue weighted by molar-refractivity contribution is -0.139. The van der Waals surface area contributed by atoms with Crippen LogP contribution in [0.4, 0.5) is 5.69 Å². The van der Waals surface area contributed by atoms with Crippen LogP contribution in [-0.2, 0) is 11.2 Å². The van der Waals surface area contributed by atoms with Crippen LogP contribution >= 0.6 is 0 Å². The van der Waals surface area contributed by atoms with Gasteiger partial charge in [-0.2, -0.15) is 0 Å². The average molecular weight is 341 g/mol. The number of nitrogens with zero attached hydrogens (tertiary/aromatic N) is 1. The molecule has 0 amide bonds. The Hall–Kier alpha value is -2.69. The van der Waals surface area contributed by atoms with Gasteiger partial charge in [-0.1, -0.05) is 26.0 Å². The van der Waals surface area contributed by atoms with Crippen LogP contribution in [-0.4, -0.2) is 17.7 Å². The molecule has 1 N–H and O–H groups in total. The van der Waals surface area contributed by atoms with E-state index in [1.54, 1.807) is 6.07 Å². The minimum Gasteiger partial charge on any atom is -0.482 e. The maximum absolute atomic E-state index is 11.0. The van der Waals surface area contributed by atoms with Crippen molar-refractivity contribution in [1.29, 1.82) is 0 Å². The van der Waals surface area contributed by atoms with Gasteiger partial charge in [0.05, 0.1) is 0 Å². The van der Waals surface area contributed by atoms with Crippen LogP contribution in [0.1, 0.15) is 47.6 Å². The second-order valence-corrected chi connectivity index (χ2v) is 6.53. The Morgan fingerprint density at radius 3 is 2.32 bits per heavy atom. The van der Waals surface area contributed by atoms with E-state index in [-0.39, 0.29) is 12.5 Å². The quantitative estimate of drug-likeness (QED) is 0.728. The summed E-state index contributed by atoms with van der Waals surface area (Å²) in [6, 6.07) is 9.45. The molecular weight excluding hydrogens is 318 g/mol. The number of carboxylic acid groups (broad SMARTS) is 1. The standard InChI is InChI=1S/C20H23NO4/c1-12(2)17-9-15(5-6-19(17)21-24)10-18-13(3)7-16(8-14(18)4)25-11-20(22)23/h5-9,12H,10-11H2,1-4H3,(H,22,23). The van der Waals surface area contributed by atoms with E-state index < -0.39 is 5.97 Å². The Morgan fingerprint density at radius 1 is 1.16 bits per heavy atom. The fourth-order valence-corrected chi connectivity index (χ4v) is 2.92. The number of carbonyl (C=O) groups is 1. The lowest BCUT2D eigenvalue weighted by atomic mass is 9.92. The molecule has 132 valence electrons. The van der Waals surface area contributed by atoms with Crippen molar-refractivity contribution in [1.82, 2.24) is 0 Å². The van der Waals surface area contributed by atoms with Crippen LogP contribution in [0.15, 0.2) is 35.5 Å². The normalized spacial score (nSPS) is 10.8. The molecule has 25 heavy (non-hydrogen) atoms. The third-order valence-electron chi connectivity index (χ3n) is 4.23. The molecule has 2 aromatic carbocycles. The molecule has 0 aromatic heterocycles. The SMILES string of the molecule is Cc1cc(OCC(=O)O)cc(C)c1Cc1ccc(N=O)c(C(C)C)c1. The van der Waals surface area contributed by atoms with Gasteiger partial charge in [0.15, 0.2) is 6.61 Å². The molecule has 0 atom stereocenters. The molecule has 0 fully saturated rings. The van der Waals surface area contributed by atoms with Gasteiger partial charge in [0, 0.05) is 0 Å². The first-order chi connectivity index (χ1) is 11.8. The lowest BCUT2D eigenvalue weighted by Crippen LogP contribution is -2.10. The van der Waals surface area contributed by atoms with E-state index in [1.165, 1.54) is 5.56 Å². The fraction of sp³-hybridized carbons (Fsp3) is 0.350. The molecular formula is C20H23NO4. The summed E-state index contributed by atoms with van der Waals surface area (Å²) >= 11 is 0. The van der Waals surface area contributed by atoms with Crippen LogP contribution in [0.3, 0.4) is 0 Å². The fourth-order valence-electron chi connectivity index (χ4n) is 2.92. The molecule has 0 spiro atoms. The molecule has 0 unspecified atom stereocenters. The Kier molecular flexibility index (Phi) is 5.91. The number of ether oxygens (including phenoxy) is 1. The van der Waals surface area contributed by atoms with Crippen LogP contribution in [0.25, 0.3) is 0 Å². The molecule has 0 heterocycles. The monoisotopic (exact) mass is 341 g/mol. The van der Waals surface area contributed by atoms with Crippen molar-refractivity contribution in [2.75, 3.05) is 6.61 Å². The van der Waals surface area contributed by atoms with Gasteiger partial charge in [-0.05, 0) is 77.4 Å². The number of aryl methyl sites for hydroxylation is 2. The number of benzene rings is 2. The van der Waals surface area contributed by atoms with Crippen molar-refractivity contribution >= 4 is 11.7 Å². The van der Waals surface area contributed by atoms with E-state index in [0.717, 1.165) is 28.7 Å². The third-order valence-corrected chi connectivity index (χ3v) is 4.23. The maximum Gasteiger partial charge on any atom is 0.341 e. The van der Waals surface area contributed by atoms with Gasteiger partial charge in [0.25, 0.3) is 0 Å². The average Bonchev–Trinajstić information content (AvgIpc) is 2.56. The van der Waals surface area contributed by atoms with Gasteiger partial charge in [-0.3, -0.25) is 0 Å². The van der Waals surface area contributed by atoms with Gasteiger partial charge >= 0.3 is 5.97 Å². The van der Waals surface area contributed by atoms with Gasteiger partial charge in [0.2, 0.25) is 0 Å². The molecule has 5 nitrogen and oxygen atoms in total. The topological polar surface area (TPSA) is 76.0 Å². The minimum absolute atomic E-state index is 0.224. The molecule has 0 saturated heterocycles. The number of hydrogen-bond acceptors (Lipinski definition) is 4. The number of rotatable bonds is 7. The van der Waals surface area contributed by atoms with Crippen LogP contribution in [0.5, 0.6) is 5.75 Å². The van der Waals surface area contributed by atoms with Crippen LogP contribution in [0, 0.1) is 18.8 Å². The Morgan fingerprint density at radius 2 is 1.80 bits per heavy atom. The van der Waals surface area contributed by atoms with Gasteiger partial charge in [0.1, 0.15) is 11.4 Å². The van der Waals surface area contributed by atoms with Crippen molar-refractivity contribution in [2.24, 2.45) is 5.18 Å². The summed E-state index contributed by atoms with van der Waals surface area (Å²) in [4.78, 5) is 21.6. The largest absolute Gasteiger partial charge is 0.482 e. The van der Waals surface area contributed by atoms with E-state index >= 15 is 0 Å². The summed E-state index contributed by atoms with van der Waals surface area (Å²) < 4.78 is 5.27. The van der Waals surface area contributed by atoms with E-state index in [9.17, 15) is 9.70 Å². The van der Waals surface area contributed by atoms with Crippen molar-refractivity contribution in [3.05, 3.63) is 63.1 Å². The molecule has 2 aromatic rings. The van der Waals surface area contributed by atoms with Gasteiger partial charge in [-0.25, -0.2) is 4.79 Å². The number of nitroso groups, excluding NO2 is 1. The summed E-state index contributed by atoms with van der Waals surface area (Å²) in [5.41, 5.74) is 5.81. The highest BCUT2D eigenvalue weighted by Gasteiger charge is 2.12. The second-order valence-electron chi connectivity index (χ2n) is 6.53. The Balaban J connectivity index is 2.30. The first kappa shape index (κ1) is 18.6. The van der Waals surface area contributed by atoms with Crippen molar-refractivity contribution in [3.8, 4) is 5.75 Å². The highest BCUT2D eigenvalue weighted by molar-refractivity contribution is 5.68. The zero-order valence-electron chi connectivity index (χ0n) is 15.0. The van der Waals surface area contributed by atoms with E-state index in [4.69, 9.17) is 9.84 Å². The minimum atomic E-state index is -0.996. The van der Waals surface area contributed by atoms with Crippen molar-refractivity contribution in [3.63, 3.8) is 0 Å². The van der Waals surface area contributed by atoms with Crippen molar-refractivity contribution < 1.29 is 14.6 Å². The number of hydrogen-bond donors (Lipinski definition) is 1. The van der Waals surface area contributed by atoms with E-state index in [1.807, 2.05) is 52.0 Å². The molecule has 0 bridgehead atoms. The molecule has 2 rings (SSSR count). The summed E-state index contributed by atoms with van der Waals surface area (Å²) in [7, 11) is 0. The summed E-state index contributed by atoms with van der Waals surface area (Å²) in [6.07, 6.45) is 0.732. The maximum atomic E-state index is 11.0. The van der Waals surface area contributed by atoms with Crippen molar-refractivity contribution in [2.45, 2.75) is 40.0 Å². The zero-order chi connectivity index (χ0) is 18.6. The Bertz CT molecular complexity index is 773. The first-order valence-corrected chi connectivity index (χ1v) is 8.22. The van der Waals surface area contributed by atoms with E-state index in [2.05, 4.69) is 5.18 Å². The number of carboxylic acids is 1. The molecule has 0 aliphatic rings. The van der Waals surface area contributed by atoms with E-state index in [0.29, 0.717) is 11.4 Å². The summed E-state index contributed by atoms with van der Waals surface area (Å²) in [5, 5.41) is 11.8. The predicted octanol–water partition coefficient (Wildman–Crippen LogP) is 4.88. The molecule has 0 radical (unpaired) electrons. The number of aliphatic carboxylic acids is 1.